The molecule has 0 amide bonds. The Balaban J connectivity index is 2.16. The molecule has 2 nitrogen and oxygen atoms in total. The van der Waals surface area contributed by atoms with Gasteiger partial charge in [-0.1, -0.05) is 6.07 Å². The number of hydrogen-bond donors (Lipinski definition) is 1. The minimum Gasteiger partial charge on any atom is -0.399 e. The monoisotopic (exact) mass is 202 g/mol. The van der Waals surface area contributed by atoms with Crippen molar-refractivity contribution in [1.82, 2.24) is 4.90 Å². The minimum atomic E-state index is 0.267. The number of nitrogens with two attached hydrogens (primary N) is 1. The van der Waals surface area contributed by atoms with Crippen LogP contribution in [-0.4, -0.2) is 18.0 Å². The van der Waals surface area contributed by atoms with Gasteiger partial charge in [0.25, 0.3) is 0 Å². The molecule has 1 fully saturated rings. The fourth-order valence-electron chi connectivity index (χ4n) is 3.25. The van der Waals surface area contributed by atoms with Crippen LogP contribution >= 0.6 is 0 Å². The van der Waals surface area contributed by atoms with E-state index in [1.54, 1.807) is 0 Å². The van der Waals surface area contributed by atoms with E-state index in [0.29, 0.717) is 0 Å². The molecular formula is C13H18N2. The van der Waals surface area contributed by atoms with Crippen molar-refractivity contribution in [3.05, 3.63) is 29.3 Å². The minimum absolute atomic E-state index is 0.267. The highest BCUT2D eigenvalue weighted by atomic mass is 15.2. The van der Waals surface area contributed by atoms with Gasteiger partial charge in [0, 0.05) is 17.8 Å². The highest BCUT2D eigenvalue weighted by Gasteiger charge is 2.41. The molecule has 1 atom stereocenters. The van der Waals surface area contributed by atoms with Crippen molar-refractivity contribution in [2.75, 3.05) is 18.8 Å². The van der Waals surface area contributed by atoms with Crippen LogP contribution in [0.15, 0.2) is 18.2 Å². The van der Waals surface area contributed by atoms with Crippen molar-refractivity contribution < 1.29 is 0 Å². The zero-order valence-corrected chi connectivity index (χ0v) is 9.29. The SMILES string of the molecule is CC12CCCN1CCc1ccc(N)cc12. The quantitative estimate of drug-likeness (QED) is 0.653. The van der Waals surface area contributed by atoms with E-state index in [1.165, 1.54) is 43.5 Å². The van der Waals surface area contributed by atoms with Gasteiger partial charge in [0.15, 0.2) is 0 Å². The molecule has 0 aliphatic carbocycles. The van der Waals surface area contributed by atoms with Crippen molar-refractivity contribution >= 4 is 5.69 Å². The summed E-state index contributed by atoms with van der Waals surface area (Å²) in [5, 5.41) is 0. The smallest absolute Gasteiger partial charge is 0.0436 e. The highest BCUT2D eigenvalue weighted by molar-refractivity contribution is 5.49. The molecule has 80 valence electrons. The van der Waals surface area contributed by atoms with Crippen molar-refractivity contribution in [3.63, 3.8) is 0 Å². The standard InChI is InChI=1S/C13H18N2/c1-13-6-2-7-15(13)8-5-10-3-4-11(14)9-12(10)13/h3-4,9H,2,5-8,14H2,1H3. The number of benzene rings is 1. The maximum atomic E-state index is 5.91. The van der Waals surface area contributed by atoms with Crippen LogP contribution in [0.3, 0.4) is 0 Å². The summed E-state index contributed by atoms with van der Waals surface area (Å²) in [7, 11) is 0. The third kappa shape index (κ3) is 1.21. The second-order valence-corrected chi connectivity index (χ2v) is 5.03. The molecule has 0 saturated carbocycles. The molecule has 2 heteroatoms. The first-order chi connectivity index (χ1) is 7.20. The van der Waals surface area contributed by atoms with Gasteiger partial charge >= 0.3 is 0 Å². The zero-order chi connectivity index (χ0) is 10.5. The van der Waals surface area contributed by atoms with Gasteiger partial charge < -0.3 is 5.73 Å². The number of rotatable bonds is 0. The van der Waals surface area contributed by atoms with Crippen LogP contribution in [0.4, 0.5) is 5.69 Å². The number of nitrogens with zero attached hydrogens (tertiary/aromatic N) is 1. The maximum Gasteiger partial charge on any atom is 0.0436 e. The lowest BCUT2D eigenvalue weighted by atomic mass is 9.82. The Morgan fingerprint density at radius 1 is 1.33 bits per heavy atom. The van der Waals surface area contributed by atoms with Gasteiger partial charge in [-0.3, -0.25) is 4.90 Å². The summed E-state index contributed by atoms with van der Waals surface area (Å²) in [6.45, 7) is 4.84. The van der Waals surface area contributed by atoms with Crippen LogP contribution < -0.4 is 5.73 Å². The second kappa shape index (κ2) is 2.99. The summed E-state index contributed by atoms with van der Waals surface area (Å²) in [4.78, 5) is 2.62. The molecule has 2 heterocycles. The third-order valence-corrected chi connectivity index (χ3v) is 4.15. The molecule has 2 N–H and O–H groups in total. The topological polar surface area (TPSA) is 29.3 Å². The molecule has 2 aliphatic heterocycles. The van der Waals surface area contributed by atoms with Crippen molar-refractivity contribution in [2.45, 2.75) is 31.7 Å². The van der Waals surface area contributed by atoms with E-state index in [2.05, 4.69) is 24.0 Å². The fraction of sp³-hybridized carbons (Fsp3) is 0.538. The summed E-state index contributed by atoms with van der Waals surface area (Å²) in [5.41, 5.74) is 10.1. The molecule has 1 aromatic carbocycles. The molecule has 1 saturated heterocycles. The largest absolute Gasteiger partial charge is 0.399 e. The molecule has 1 unspecified atom stereocenters. The average molecular weight is 202 g/mol. The molecule has 3 rings (SSSR count). The van der Waals surface area contributed by atoms with E-state index < -0.39 is 0 Å². The second-order valence-electron chi connectivity index (χ2n) is 5.03. The predicted molar refractivity (Wildman–Crippen MR) is 62.7 cm³/mol. The fourth-order valence-corrected chi connectivity index (χ4v) is 3.25. The van der Waals surface area contributed by atoms with E-state index in [1.807, 2.05) is 6.07 Å². The normalized spacial score (nSPS) is 29.9. The van der Waals surface area contributed by atoms with E-state index in [-0.39, 0.29) is 5.54 Å². The van der Waals surface area contributed by atoms with Gasteiger partial charge in [0.05, 0.1) is 0 Å². The third-order valence-electron chi connectivity index (χ3n) is 4.15. The molecule has 0 bridgehead atoms. The molecule has 2 aliphatic rings. The van der Waals surface area contributed by atoms with Crippen molar-refractivity contribution in [1.29, 1.82) is 0 Å². The van der Waals surface area contributed by atoms with Gasteiger partial charge in [-0.2, -0.15) is 0 Å². The zero-order valence-electron chi connectivity index (χ0n) is 9.29. The van der Waals surface area contributed by atoms with Crippen LogP contribution in [0.5, 0.6) is 0 Å². The van der Waals surface area contributed by atoms with Gasteiger partial charge in [-0.05, 0) is 56.0 Å². The lowest BCUT2D eigenvalue weighted by molar-refractivity contribution is 0.143. The highest BCUT2D eigenvalue weighted by Crippen LogP contribution is 2.43. The van der Waals surface area contributed by atoms with Crippen LogP contribution in [-0.2, 0) is 12.0 Å². The summed E-state index contributed by atoms with van der Waals surface area (Å²) in [6.07, 6.45) is 3.79. The Hall–Kier alpha value is -1.02. The molecule has 15 heavy (non-hydrogen) atoms. The number of fused-ring (bicyclic) bond motifs is 3. The van der Waals surface area contributed by atoms with E-state index in [9.17, 15) is 0 Å². The average Bonchev–Trinajstić information content (AvgIpc) is 2.60. The number of nitrogen functional groups attached to an aromatic ring is 1. The first kappa shape index (κ1) is 9.22. The first-order valence-electron chi connectivity index (χ1n) is 5.84. The molecule has 0 aromatic heterocycles. The summed E-state index contributed by atoms with van der Waals surface area (Å²) >= 11 is 0. The Morgan fingerprint density at radius 2 is 2.20 bits per heavy atom. The van der Waals surface area contributed by atoms with Crippen molar-refractivity contribution in [2.24, 2.45) is 0 Å². The van der Waals surface area contributed by atoms with E-state index in [0.717, 1.165) is 5.69 Å². The van der Waals surface area contributed by atoms with Gasteiger partial charge in [0.2, 0.25) is 0 Å². The van der Waals surface area contributed by atoms with Crippen LogP contribution in [0, 0.1) is 0 Å². The summed E-state index contributed by atoms with van der Waals surface area (Å²) in [5.74, 6) is 0. The Labute approximate surface area is 91.1 Å². The van der Waals surface area contributed by atoms with Gasteiger partial charge in [0.1, 0.15) is 0 Å². The summed E-state index contributed by atoms with van der Waals surface area (Å²) < 4.78 is 0. The lowest BCUT2D eigenvalue weighted by Crippen LogP contribution is -2.44. The summed E-state index contributed by atoms with van der Waals surface area (Å²) in [6, 6.07) is 6.44. The lowest BCUT2D eigenvalue weighted by Gasteiger charge is -2.41. The Kier molecular flexibility index (Phi) is 1.84. The van der Waals surface area contributed by atoms with Crippen molar-refractivity contribution in [3.8, 4) is 0 Å². The van der Waals surface area contributed by atoms with Gasteiger partial charge in [-0.25, -0.2) is 0 Å². The van der Waals surface area contributed by atoms with E-state index in [4.69, 9.17) is 5.73 Å². The Bertz CT molecular complexity index is 400. The van der Waals surface area contributed by atoms with E-state index >= 15 is 0 Å². The number of hydrogen-bond acceptors (Lipinski definition) is 2. The predicted octanol–water partition coefficient (Wildman–Crippen LogP) is 2.14. The maximum absolute atomic E-state index is 5.91. The van der Waals surface area contributed by atoms with Crippen LogP contribution in [0.25, 0.3) is 0 Å². The van der Waals surface area contributed by atoms with Gasteiger partial charge in [-0.15, -0.1) is 0 Å². The first-order valence-corrected chi connectivity index (χ1v) is 5.84. The molecular weight excluding hydrogens is 184 g/mol. The van der Waals surface area contributed by atoms with Crippen LogP contribution in [0.2, 0.25) is 0 Å². The molecule has 0 radical (unpaired) electrons. The van der Waals surface area contributed by atoms with Crippen LogP contribution in [0.1, 0.15) is 30.9 Å². The molecule has 1 aromatic rings. The number of anilines is 1. The Morgan fingerprint density at radius 3 is 3.07 bits per heavy atom. The molecule has 0 spiro atoms.